The van der Waals surface area contributed by atoms with Crippen LogP contribution in [0.2, 0.25) is 0 Å². The number of hydrogen-bond donors (Lipinski definition) is 1. The maximum Gasteiger partial charge on any atom is 0.141 e. The van der Waals surface area contributed by atoms with E-state index in [1.807, 2.05) is 6.92 Å². The van der Waals surface area contributed by atoms with Crippen LogP contribution >= 0.6 is 15.9 Å². The van der Waals surface area contributed by atoms with Crippen LogP contribution in [0, 0.1) is 5.82 Å². The average Bonchev–Trinajstić information content (AvgIpc) is 2.71. The Labute approximate surface area is 113 Å². The van der Waals surface area contributed by atoms with E-state index >= 15 is 0 Å². The highest BCUT2D eigenvalue weighted by Crippen LogP contribution is 2.27. The maximum atomic E-state index is 12.8. The number of halogens is 2. The van der Waals surface area contributed by atoms with Crippen LogP contribution in [-0.4, -0.2) is 19.9 Å². The standard InChI is InChI=1S/C12H13BrFN3O/c1-2-5-17-11(9(13)7-16-17)12(18)10-4-3-8(14)6-15-10/h3-4,6-7,12,18H,2,5H2,1H3. The molecule has 1 unspecified atom stereocenters. The highest BCUT2D eigenvalue weighted by Gasteiger charge is 2.20. The second-order valence-electron chi connectivity index (χ2n) is 3.90. The predicted molar refractivity (Wildman–Crippen MR) is 68.5 cm³/mol. The van der Waals surface area contributed by atoms with Gasteiger partial charge in [-0.05, 0) is 34.5 Å². The summed E-state index contributed by atoms with van der Waals surface area (Å²) < 4.78 is 15.2. The molecule has 2 rings (SSSR count). The van der Waals surface area contributed by atoms with Crippen LogP contribution in [0.5, 0.6) is 0 Å². The summed E-state index contributed by atoms with van der Waals surface area (Å²) in [5.41, 5.74) is 1.03. The summed E-state index contributed by atoms with van der Waals surface area (Å²) in [5, 5.41) is 14.5. The smallest absolute Gasteiger partial charge is 0.141 e. The van der Waals surface area contributed by atoms with Crippen LogP contribution in [0.15, 0.2) is 29.0 Å². The van der Waals surface area contributed by atoms with E-state index in [4.69, 9.17) is 0 Å². The Morgan fingerprint density at radius 3 is 2.83 bits per heavy atom. The van der Waals surface area contributed by atoms with Crippen LogP contribution in [0.3, 0.4) is 0 Å². The molecule has 0 spiro atoms. The Balaban J connectivity index is 2.35. The summed E-state index contributed by atoms with van der Waals surface area (Å²) in [6.07, 6.45) is 2.71. The lowest BCUT2D eigenvalue weighted by molar-refractivity contribution is 0.201. The minimum absolute atomic E-state index is 0.398. The first-order valence-electron chi connectivity index (χ1n) is 5.64. The lowest BCUT2D eigenvalue weighted by Crippen LogP contribution is -2.11. The highest BCUT2D eigenvalue weighted by atomic mass is 79.9. The van der Waals surface area contributed by atoms with Gasteiger partial charge in [0.2, 0.25) is 0 Å². The number of aliphatic hydroxyl groups excluding tert-OH is 1. The molecule has 2 aromatic rings. The molecule has 0 amide bonds. The number of nitrogens with zero attached hydrogens (tertiary/aromatic N) is 3. The maximum absolute atomic E-state index is 12.8. The van der Waals surface area contributed by atoms with Crippen molar-refractivity contribution in [2.45, 2.75) is 26.0 Å². The van der Waals surface area contributed by atoms with Crippen LogP contribution in [0.25, 0.3) is 0 Å². The molecule has 1 atom stereocenters. The van der Waals surface area contributed by atoms with Crippen LogP contribution in [-0.2, 0) is 6.54 Å². The molecular weight excluding hydrogens is 301 g/mol. The number of aliphatic hydroxyl groups is 1. The zero-order valence-corrected chi connectivity index (χ0v) is 11.4. The average molecular weight is 314 g/mol. The van der Waals surface area contributed by atoms with E-state index in [1.165, 1.54) is 12.1 Å². The van der Waals surface area contributed by atoms with Crippen molar-refractivity contribution in [3.8, 4) is 0 Å². The van der Waals surface area contributed by atoms with Crippen molar-refractivity contribution in [1.82, 2.24) is 14.8 Å². The van der Waals surface area contributed by atoms with E-state index in [9.17, 15) is 9.50 Å². The SMILES string of the molecule is CCCn1ncc(Br)c1C(O)c1ccc(F)cn1. The third-order valence-electron chi connectivity index (χ3n) is 2.56. The van der Waals surface area contributed by atoms with Gasteiger partial charge in [-0.3, -0.25) is 9.67 Å². The molecule has 18 heavy (non-hydrogen) atoms. The fraction of sp³-hybridized carbons (Fsp3) is 0.333. The quantitative estimate of drug-likeness (QED) is 0.944. The van der Waals surface area contributed by atoms with Gasteiger partial charge in [-0.15, -0.1) is 0 Å². The zero-order chi connectivity index (χ0) is 13.1. The first-order valence-corrected chi connectivity index (χ1v) is 6.43. The number of aryl methyl sites for hydroxylation is 1. The molecule has 0 aromatic carbocycles. The molecule has 0 aliphatic carbocycles. The van der Waals surface area contributed by atoms with E-state index in [2.05, 4.69) is 26.0 Å². The summed E-state index contributed by atoms with van der Waals surface area (Å²) in [4.78, 5) is 3.89. The molecule has 96 valence electrons. The van der Waals surface area contributed by atoms with Gasteiger partial charge in [-0.2, -0.15) is 5.10 Å². The molecule has 0 saturated carbocycles. The van der Waals surface area contributed by atoms with Gasteiger partial charge in [0.1, 0.15) is 11.9 Å². The summed E-state index contributed by atoms with van der Waals surface area (Å²) >= 11 is 3.35. The third-order valence-corrected chi connectivity index (χ3v) is 3.17. The summed E-state index contributed by atoms with van der Waals surface area (Å²) in [7, 11) is 0. The molecule has 0 aliphatic rings. The summed E-state index contributed by atoms with van der Waals surface area (Å²) in [6.45, 7) is 2.74. The van der Waals surface area contributed by atoms with Crippen LogP contribution in [0.4, 0.5) is 4.39 Å². The van der Waals surface area contributed by atoms with Crippen molar-refractivity contribution in [2.75, 3.05) is 0 Å². The first-order chi connectivity index (χ1) is 8.63. The van der Waals surface area contributed by atoms with Gasteiger partial charge < -0.3 is 5.11 Å². The van der Waals surface area contributed by atoms with Crippen molar-refractivity contribution < 1.29 is 9.50 Å². The molecule has 2 aromatic heterocycles. The monoisotopic (exact) mass is 313 g/mol. The van der Waals surface area contributed by atoms with E-state index in [1.54, 1.807) is 10.9 Å². The third kappa shape index (κ3) is 2.59. The van der Waals surface area contributed by atoms with Gasteiger partial charge in [0, 0.05) is 6.54 Å². The Kier molecular flexibility index (Phi) is 4.08. The number of pyridine rings is 1. The molecular formula is C12H13BrFN3O. The van der Waals surface area contributed by atoms with Crippen molar-refractivity contribution >= 4 is 15.9 Å². The van der Waals surface area contributed by atoms with Crippen LogP contribution in [0.1, 0.15) is 30.8 Å². The predicted octanol–water partition coefficient (Wildman–Crippen LogP) is 2.67. The first kappa shape index (κ1) is 13.2. The minimum Gasteiger partial charge on any atom is -0.380 e. The largest absolute Gasteiger partial charge is 0.380 e. The summed E-state index contributed by atoms with van der Waals surface area (Å²) in [6, 6.07) is 2.75. The Morgan fingerprint density at radius 2 is 2.22 bits per heavy atom. The van der Waals surface area contributed by atoms with Crippen molar-refractivity contribution in [1.29, 1.82) is 0 Å². The van der Waals surface area contributed by atoms with Gasteiger partial charge in [-0.1, -0.05) is 6.92 Å². The van der Waals surface area contributed by atoms with E-state index in [-0.39, 0.29) is 0 Å². The molecule has 0 fully saturated rings. The summed E-state index contributed by atoms with van der Waals surface area (Å²) in [5.74, 6) is -0.424. The normalized spacial score (nSPS) is 12.7. The zero-order valence-electron chi connectivity index (χ0n) is 9.85. The molecule has 1 N–H and O–H groups in total. The Hall–Kier alpha value is -1.27. The molecule has 0 aliphatic heterocycles. The molecule has 2 heterocycles. The van der Waals surface area contributed by atoms with E-state index in [0.717, 1.165) is 17.1 Å². The van der Waals surface area contributed by atoms with Crippen LogP contribution < -0.4 is 0 Å². The van der Waals surface area contributed by atoms with Crippen molar-refractivity contribution in [3.63, 3.8) is 0 Å². The number of rotatable bonds is 4. The van der Waals surface area contributed by atoms with Crippen molar-refractivity contribution in [3.05, 3.63) is 46.2 Å². The molecule has 4 nitrogen and oxygen atoms in total. The number of aromatic nitrogens is 3. The second-order valence-corrected chi connectivity index (χ2v) is 4.76. The lowest BCUT2D eigenvalue weighted by atomic mass is 10.1. The van der Waals surface area contributed by atoms with Gasteiger partial charge in [0.05, 0.1) is 28.3 Å². The molecule has 6 heteroatoms. The molecule has 0 saturated heterocycles. The van der Waals surface area contributed by atoms with Gasteiger partial charge in [0.25, 0.3) is 0 Å². The minimum atomic E-state index is -0.922. The number of hydrogen-bond acceptors (Lipinski definition) is 3. The van der Waals surface area contributed by atoms with E-state index < -0.39 is 11.9 Å². The lowest BCUT2D eigenvalue weighted by Gasteiger charge is -2.13. The molecule has 0 bridgehead atoms. The topological polar surface area (TPSA) is 50.9 Å². The van der Waals surface area contributed by atoms with Gasteiger partial charge in [-0.25, -0.2) is 4.39 Å². The molecule has 0 radical (unpaired) electrons. The Morgan fingerprint density at radius 1 is 1.44 bits per heavy atom. The van der Waals surface area contributed by atoms with Gasteiger partial charge in [0.15, 0.2) is 0 Å². The second kappa shape index (κ2) is 5.58. The fourth-order valence-electron chi connectivity index (χ4n) is 1.72. The highest BCUT2D eigenvalue weighted by molar-refractivity contribution is 9.10. The fourth-order valence-corrected chi connectivity index (χ4v) is 2.24. The van der Waals surface area contributed by atoms with E-state index in [0.29, 0.717) is 17.9 Å². The Bertz CT molecular complexity index is 527. The van der Waals surface area contributed by atoms with Crippen molar-refractivity contribution in [2.24, 2.45) is 0 Å². The van der Waals surface area contributed by atoms with Gasteiger partial charge >= 0.3 is 0 Å².